The monoisotopic (exact) mass is 511 g/mol. The number of nitrogens with one attached hydrogen (secondary N) is 3. The van der Waals surface area contributed by atoms with Crippen molar-refractivity contribution in [3.05, 3.63) is 120 Å². The van der Waals surface area contributed by atoms with E-state index in [0.717, 1.165) is 16.1 Å². The van der Waals surface area contributed by atoms with Crippen LogP contribution < -0.4 is 16.0 Å². The fourth-order valence-corrected chi connectivity index (χ4v) is 3.97. The van der Waals surface area contributed by atoms with Gasteiger partial charge in [-0.15, -0.1) is 11.8 Å². The Hall–Kier alpha value is -4.56. The van der Waals surface area contributed by atoms with E-state index in [1.807, 2.05) is 49.4 Å². The summed E-state index contributed by atoms with van der Waals surface area (Å²) in [6.07, 6.45) is 2.95. The van der Waals surface area contributed by atoms with Gasteiger partial charge in [0, 0.05) is 27.9 Å². The van der Waals surface area contributed by atoms with Gasteiger partial charge in [-0.25, -0.2) is 0 Å². The minimum absolute atomic E-state index is 0.0371. The molecule has 4 aromatic rings. The number of amides is 3. The molecular weight excluding hydrogens is 486 g/mol. The smallest absolute Gasteiger partial charge is 0.272 e. The highest BCUT2D eigenvalue weighted by molar-refractivity contribution is 8.00. The van der Waals surface area contributed by atoms with Crippen molar-refractivity contribution in [2.75, 3.05) is 16.4 Å². The summed E-state index contributed by atoms with van der Waals surface area (Å²) < 4.78 is 5.31. The lowest BCUT2D eigenvalue weighted by Crippen LogP contribution is -2.30. The maximum atomic E-state index is 13.0. The highest BCUT2D eigenvalue weighted by Crippen LogP contribution is 2.21. The molecule has 8 heteroatoms. The van der Waals surface area contributed by atoms with Gasteiger partial charge in [0.05, 0.1) is 12.0 Å². The molecule has 0 aliphatic heterocycles. The van der Waals surface area contributed by atoms with Gasteiger partial charge in [-0.3, -0.25) is 14.4 Å². The maximum Gasteiger partial charge on any atom is 0.272 e. The Morgan fingerprint density at radius 2 is 1.49 bits per heavy atom. The van der Waals surface area contributed by atoms with Crippen molar-refractivity contribution in [2.45, 2.75) is 11.8 Å². The number of furan rings is 1. The summed E-state index contributed by atoms with van der Waals surface area (Å²) in [5.74, 6) is -0.341. The normalized spacial score (nSPS) is 11.0. The molecule has 0 fully saturated rings. The fourth-order valence-electron chi connectivity index (χ4n) is 3.27. The van der Waals surface area contributed by atoms with E-state index >= 15 is 0 Å². The van der Waals surface area contributed by atoms with Crippen LogP contribution in [-0.4, -0.2) is 23.5 Å². The van der Waals surface area contributed by atoms with Gasteiger partial charge in [0.2, 0.25) is 5.91 Å². The molecule has 0 saturated heterocycles. The lowest BCUT2D eigenvalue weighted by atomic mass is 10.2. The molecule has 0 radical (unpaired) electrons. The van der Waals surface area contributed by atoms with Gasteiger partial charge < -0.3 is 20.4 Å². The average Bonchev–Trinajstić information content (AvgIpc) is 3.43. The van der Waals surface area contributed by atoms with E-state index < -0.39 is 11.8 Å². The molecule has 1 heterocycles. The zero-order valence-corrected chi connectivity index (χ0v) is 20.9. The molecule has 3 aromatic carbocycles. The fraction of sp³-hybridized carbons (Fsp3) is 0.0690. The van der Waals surface area contributed by atoms with Crippen LogP contribution in [0.25, 0.3) is 6.08 Å². The van der Waals surface area contributed by atoms with Gasteiger partial charge >= 0.3 is 0 Å². The minimum Gasteiger partial charge on any atom is -0.465 e. The number of thioether (sulfide) groups is 1. The SMILES string of the molecule is Cc1ccc(NC(=O)CSc2ccc(NC(=O)/C(=C/c3ccco3)NC(=O)c3ccccc3)cc2)cc1. The first-order valence-electron chi connectivity index (χ1n) is 11.5. The third kappa shape index (κ3) is 7.71. The van der Waals surface area contributed by atoms with Gasteiger partial charge in [0.1, 0.15) is 11.5 Å². The Morgan fingerprint density at radius 1 is 0.811 bits per heavy atom. The molecule has 3 amide bonds. The summed E-state index contributed by atoms with van der Waals surface area (Å²) in [4.78, 5) is 38.8. The second-order valence-corrected chi connectivity index (χ2v) is 9.12. The standard InChI is InChI=1S/C29H25N3O4S/c1-20-9-11-22(12-10-20)30-27(33)19-37-25-15-13-23(14-16-25)31-29(35)26(18-24-8-5-17-36-24)32-28(34)21-6-3-2-4-7-21/h2-18H,19H2,1H3,(H,30,33)(H,31,35)(H,32,34)/b26-18-. The first kappa shape index (κ1) is 25.5. The van der Waals surface area contributed by atoms with E-state index in [1.165, 1.54) is 24.1 Å². The minimum atomic E-state index is -0.501. The molecule has 3 N–H and O–H groups in total. The van der Waals surface area contributed by atoms with Gasteiger partial charge in [-0.05, 0) is 67.6 Å². The second-order valence-electron chi connectivity index (χ2n) is 8.07. The lowest BCUT2D eigenvalue weighted by molar-refractivity contribution is -0.114. The number of carbonyl (C=O) groups is 3. The van der Waals surface area contributed by atoms with Crippen LogP contribution in [0.5, 0.6) is 0 Å². The van der Waals surface area contributed by atoms with Crippen LogP contribution in [0.2, 0.25) is 0 Å². The van der Waals surface area contributed by atoms with Gasteiger partial charge in [0.15, 0.2) is 0 Å². The molecule has 186 valence electrons. The average molecular weight is 512 g/mol. The predicted molar refractivity (Wildman–Crippen MR) is 146 cm³/mol. The molecule has 7 nitrogen and oxygen atoms in total. The van der Waals surface area contributed by atoms with Crippen molar-refractivity contribution in [1.82, 2.24) is 5.32 Å². The first-order valence-corrected chi connectivity index (χ1v) is 12.5. The predicted octanol–water partition coefficient (Wildman–Crippen LogP) is 5.73. The third-order valence-electron chi connectivity index (χ3n) is 5.18. The zero-order chi connectivity index (χ0) is 26.0. The van der Waals surface area contributed by atoms with Crippen LogP contribution in [-0.2, 0) is 9.59 Å². The maximum absolute atomic E-state index is 13.0. The van der Waals surface area contributed by atoms with Crippen LogP contribution in [0, 0.1) is 6.92 Å². The van der Waals surface area contributed by atoms with E-state index in [1.54, 1.807) is 48.5 Å². The van der Waals surface area contributed by atoms with Crippen LogP contribution >= 0.6 is 11.8 Å². The van der Waals surface area contributed by atoms with E-state index in [4.69, 9.17) is 4.42 Å². The Bertz CT molecular complexity index is 1380. The number of anilines is 2. The molecule has 0 spiro atoms. The number of hydrogen-bond acceptors (Lipinski definition) is 5. The number of rotatable bonds is 9. The van der Waals surface area contributed by atoms with Crippen molar-refractivity contribution in [1.29, 1.82) is 0 Å². The summed E-state index contributed by atoms with van der Waals surface area (Å²) in [5, 5.41) is 8.32. The summed E-state index contributed by atoms with van der Waals surface area (Å²) in [6.45, 7) is 1.99. The van der Waals surface area contributed by atoms with Crippen molar-refractivity contribution in [3.8, 4) is 0 Å². The van der Waals surface area contributed by atoms with Crippen LogP contribution in [0.15, 0.2) is 112 Å². The summed E-state index contributed by atoms with van der Waals surface area (Å²) in [5.41, 5.74) is 2.88. The molecule has 4 rings (SSSR count). The van der Waals surface area contributed by atoms with Crippen LogP contribution in [0.4, 0.5) is 11.4 Å². The molecule has 0 unspecified atom stereocenters. The number of carbonyl (C=O) groups excluding carboxylic acids is 3. The van der Waals surface area contributed by atoms with Crippen molar-refractivity contribution >= 4 is 46.9 Å². The molecule has 0 aliphatic rings. The van der Waals surface area contributed by atoms with Crippen molar-refractivity contribution in [3.63, 3.8) is 0 Å². The zero-order valence-electron chi connectivity index (χ0n) is 20.1. The Kier molecular flexibility index (Phi) is 8.57. The van der Waals surface area contributed by atoms with Gasteiger partial charge in [-0.2, -0.15) is 0 Å². The molecule has 1 aromatic heterocycles. The largest absolute Gasteiger partial charge is 0.465 e. The van der Waals surface area contributed by atoms with Crippen LogP contribution in [0.1, 0.15) is 21.7 Å². The Balaban J connectivity index is 1.36. The van der Waals surface area contributed by atoms with E-state index in [9.17, 15) is 14.4 Å². The van der Waals surface area contributed by atoms with Gasteiger partial charge in [0.25, 0.3) is 11.8 Å². The molecule has 0 aliphatic carbocycles. The Morgan fingerprint density at radius 3 is 2.16 bits per heavy atom. The number of hydrogen-bond donors (Lipinski definition) is 3. The second kappa shape index (κ2) is 12.4. The third-order valence-corrected chi connectivity index (χ3v) is 6.19. The molecule has 0 saturated carbocycles. The summed E-state index contributed by atoms with van der Waals surface area (Å²) in [7, 11) is 0. The highest BCUT2D eigenvalue weighted by atomic mass is 32.2. The molecular formula is C29H25N3O4S. The quantitative estimate of drug-likeness (QED) is 0.197. The van der Waals surface area contributed by atoms with E-state index in [-0.39, 0.29) is 17.4 Å². The van der Waals surface area contributed by atoms with E-state index in [2.05, 4.69) is 16.0 Å². The first-order chi connectivity index (χ1) is 18.0. The Labute approximate surface area is 219 Å². The van der Waals surface area contributed by atoms with Crippen molar-refractivity contribution < 1.29 is 18.8 Å². The molecule has 37 heavy (non-hydrogen) atoms. The number of aryl methyl sites for hydroxylation is 1. The molecule has 0 bridgehead atoms. The summed E-state index contributed by atoms with van der Waals surface area (Å²) >= 11 is 1.39. The lowest BCUT2D eigenvalue weighted by Gasteiger charge is -2.11. The topological polar surface area (TPSA) is 100 Å². The number of benzene rings is 3. The molecule has 0 atom stereocenters. The van der Waals surface area contributed by atoms with Crippen LogP contribution in [0.3, 0.4) is 0 Å². The highest BCUT2D eigenvalue weighted by Gasteiger charge is 2.16. The summed E-state index contributed by atoms with van der Waals surface area (Å²) in [6, 6.07) is 26.7. The van der Waals surface area contributed by atoms with Crippen molar-refractivity contribution in [2.24, 2.45) is 0 Å². The van der Waals surface area contributed by atoms with E-state index in [0.29, 0.717) is 17.0 Å². The van der Waals surface area contributed by atoms with Gasteiger partial charge in [-0.1, -0.05) is 35.9 Å².